The minimum atomic E-state index is -0.816. The van der Waals surface area contributed by atoms with Gasteiger partial charge in [0.1, 0.15) is 10.9 Å². The van der Waals surface area contributed by atoms with E-state index in [9.17, 15) is 14.7 Å². The SMILES string of the molecule is CCC.CO.NCC(=O)OCO.O=c1[nH]c(=S)c(Cl)cn1C1CC[C@@H](O)O1. The maximum atomic E-state index is 11.5. The summed E-state index contributed by atoms with van der Waals surface area (Å²) in [6, 6.07) is 0. The molecule has 1 saturated heterocycles. The fourth-order valence-corrected chi connectivity index (χ4v) is 1.91. The van der Waals surface area contributed by atoms with Crippen LogP contribution in [0.3, 0.4) is 0 Å². The van der Waals surface area contributed by atoms with Crippen LogP contribution in [0.4, 0.5) is 0 Å². The molecule has 0 aliphatic carbocycles. The molecular formula is C15H28ClN3O7S. The van der Waals surface area contributed by atoms with Gasteiger partial charge in [-0.1, -0.05) is 44.1 Å². The van der Waals surface area contributed by atoms with Gasteiger partial charge in [-0.05, 0) is 6.42 Å². The van der Waals surface area contributed by atoms with Crippen molar-refractivity contribution in [3.8, 4) is 0 Å². The average Bonchev–Trinajstić information content (AvgIpc) is 3.07. The van der Waals surface area contributed by atoms with Crippen LogP contribution in [0, 0.1) is 4.64 Å². The zero-order valence-electron chi connectivity index (χ0n) is 15.6. The number of nitrogens with one attached hydrogen (secondary N) is 1. The number of hydrogen-bond donors (Lipinski definition) is 5. The molecule has 1 aliphatic rings. The van der Waals surface area contributed by atoms with Gasteiger partial charge < -0.3 is 30.5 Å². The summed E-state index contributed by atoms with van der Waals surface area (Å²) in [5, 5.41) is 24.3. The lowest BCUT2D eigenvalue weighted by molar-refractivity contribution is -0.149. The fourth-order valence-electron chi connectivity index (χ4n) is 1.61. The molecule has 1 unspecified atom stereocenters. The quantitative estimate of drug-likeness (QED) is 0.264. The molecule has 0 amide bonds. The van der Waals surface area contributed by atoms with Gasteiger partial charge in [-0.3, -0.25) is 14.3 Å². The van der Waals surface area contributed by atoms with Crippen LogP contribution in [0.15, 0.2) is 11.0 Å². The van der Waals surface area contributed by atoms with Crippen molar-refractivity contribution in [1.29, 1.82) is 0 Å². The number of nitrogens with zero attached hydrogens (tertiary/aromatic N) is 1. The van der Waals surface area contributed by atoms with Crippen molar-refractivity contribution >= 4 is 29.8 Å². The smallest absolute Gasteiger partial charge is 0.328 e. The molecule has 0 saturated carbocycles. The molecule has 10 nitrogen and oxygen atoms in total. The summed E-state index contributed by atoms with van der Waals surface area (Å²) in [5.74, 6) is -0.595. The van der Waals surface area contributed by atoms with Crippen LogP contribution in [0.25, 0.3) is 0 Å². The summed E-state index contributed by atoms with van der Waals surface area (Å²) < 4.78 is 10.6. The maximum absolute atomic E-state index is 11.5. The van der Waals surface area contributed by atoms with Crippen LogP contribution in [-0.2, 0) is 14.3 Å². The van der Waals surface area contributed by atoms with Crippen LogP contribution in [0.5, 0.6) is 0 Å². The van der Waals surface area contributed by atoms with Crippen LogP contribution >= 0.6 is 23.8 Å². The van der Waals surface area contributed by atoms with Gasteiger partial charge in [-0.15, -0.1) is 0 Å². The molecule has 6 N–H and O–H groups in total. The van der Waals surface area contributed by atoms with Crippen LogP contribution in [-0.4, -0.2) is 57.6 Å². The lowest BCUT2D eigenvalue weighted by atomic mass is 10.3. The first kappa shape index (κ1) is 27.9. The number of halogens is 1. The van der Waals surface area contributed by atoms with Crippen molar-refractivity contribution < 1.29 is 29.6 Å². The van der Waals surface area contributed by atoms with Crippen molar-refractivity contribution in [2.24, 2.45) is 5.73 Å². The second kappa shape index (κ2) is 16.8. The van der Waals surface area contributed by atoms with E-state index < -0.39 is 25.3 Å². The van der Waals surface area contributed by atoms with Crippen LogP contribution in [0.1, 0.15) is 39.3 Å². The fraction of sp³-hybridized carbons (Fsp3) is 0.667. The number of aromatic nitrogens is 2. The largest absolute Gasteiger partial charge is 0.438 e. The molecule has 2 atom stereocenters. The predicted octanol–water partition coefficient (Wildman–Crippen LogP) is 0.650. The normalized spacial score (nSPS) is 17.3. The summed E-state index contributed by atoms with van der Waals surface area (Å²) in [7, 11) is 1.00. The standard InChI is InChI=1S/C8H9ClN2O3S.C3H7NO3.C3H8.CH4O/c9-4-3-11(8(13)10-7(4)15)5-1-2-6(12)14-5;4-1-3(6)7-2-5;1-3-2;1-2/h3,5-6,12H,1-2H2,(H,10,13,15);5H,1-2,4H2;3H2,1-2H3;2H,1H3/t5?,6-;;;/m0.../s1. The Morgan fingerprint density at radius 1 is 1.48 bits per heavy atom. The van der Waals surface area contributed by atoms with E-state index >= 15 is 0 Å². The Labute approximate surface area is 167 Å². The number of carbonyl (C=O) groups excluding carboxylic acids is 1. The Morgan fingerprint density at radius 3 is 2.41 bits per heavy atom. The van der Waals surface area contributed by atoms with E-state index in [-0.39, 0.29) is 21.9 Å². The van der Waals surface area contributed by atoms with Gasteiger partial charge in [0.15, 0.2) is 13.1 Å². The Morgan fingerprint density at radius 2 is 2.04 bits per heavy atom. The first-order valence-corrected chi connectivity index (χ1v) is 8.84. The Bertz CT molecular complexity index is 639. The highest BCUT2D eigenvalue weighted by Crippen LogP contribution is 2.25. The third-order valence-corrected chi connectivity index (χ3v) is 3.32. The van der Waals surface area contributed by atoms with E-state index in [0.29, 0.717) is 12.8 Å². The Hall–Kier alpha value is -1.34. The van der Waals surface area contributed by atoms with Crippen LogP contribution < -0.4 is 11.4 Å². The molecule has 2 rings (SSSR count). The van der Waals surface area contributed by atoms with Gasteiger partial charge >= 0.3 is 11.7 Å². The first-order valence-electron chi connectivity index (χ1n) is 8.06. The van der Waals surface area contributed by atoms with Crippen molar-refractivity contribution in [2.75, 3.05) is 20.4 Å². The van der Waals surface area contributed by atoms with Gasteiger partial charge in [-0.2, -0.15) is 0 Å². The second-order valence-corrected chi connectivity index (χ2v) is 5.64. The van der Waals surface area contributed by atoms with Crippen molar-refractivity contribution in [3.05, 3.63) is 26.3 Å². The van der Waals surface area contributed by atoms with Gasteiger partial charge in [0.25, 0.3) is 0 Å². The van der Waals surface area contributed by atoms with E-state index in [1.54, 1.807) is 0 Å². The number of aromatic amines is 1. The van der Waals surface area contributed by atoms with E-state index in [4.69, 9.17) is 44.5 Å². The number of esters is 1. The van der Waals surface area contributed by atoms with E-state index in [0.717, 1.165) is 7.11 Å². The lowest BCUT2D eigenvalue weighted by Gasteiger charge is -2.13. The number of rotatable bonds is 3. The molecule has 1 aromatic heterocycles. The summed E-state index contributed by atoms with van der Waals surface area (Å²) in [4.78, 5) is 23.8. The van der Waals surface area contributed by atoms with Gasteiger partial charge in [0.05, 0.1) is 11.6 Å². The molecule has 0 bridgehead atoms. The first-order chi connectivity index (χ1) is 12.8. The number of H-pyrrole nitrogens is 1. The third-order valence-electron chi connectivity index (χ3n) is 2.60. The summed E-state index contributed by atoms with van der Waals surface area (Å²) in [6.07, 6.45) is 2.46. The molecule has 1 fully saturated rings. The molecule has 0 radical (unpaired) electrons. The molecular weight excluding hydrogens is 402 g/mol. The summed E-state index contributed by atoms with van der Waals surface area (Å²) in [5.41, 5.74) is 4.39. The zero-order valence-corrected chi connectivity index (χ0v) is 17.1. The van der Waals surface area contributed by atoms with E-state index in [1.165, 1.54) is 17.2 Å². The predicted molar refractivity (Wildman–Crippen MR) is 103 cm³/mol. The lowest BCUT2D eigenvalue weighted by Crippen LogP contribution is -2.27. The molecule has 2 heterocycles. The van der Waals surface area contributed by atoms with Gasteiger partial charge in [0.2, 0.25) is 0 Å². The van der Waals surface area contributed by atoms with Crippen molar-refractivity contribution in [3.63, 3.8) is 0 Å². The Kier molecular flexibility index (Phi) is 17.4. The zero-order chi connectivity index (χ0) is 21.4. The molecule has 1 aromatic rings. The molecule has 0 aromatic carbocycles. The van der Waals surface area contributed by atoms with Crippen LogP contribution in [0.2, 0.25) is 5.02 Å². The molecule has 27 heavy (non-hydrogen) atoms. The monoisotopic (exact) mass is 429 g/mol. The minimum absolute atomic E-state index is 0.180. The van der Waals surface area contributed by atoms with Gasteiger partial charge in [0, 0.05) is 19.7 Å². The van der Waals surface area contributed by atoms with Crippen molar-refractivity contribution in [2.45, 2.75) is 45.6 Å². The maximum Gasteiger partial charge on any atom is 0.328 e. The topological polar surface area (TPSA) is 160 Å². The molecule has 158 valence electrons. The van der Waals surface area contributed by atoms with E-state index in [1.807, 2.05) is 0 Å². The highest BCUT2D eigenvalue weighted by molar-refractivity contribution is 7.71. The number of carbonyl (C=O) groups is 1. The Balaban J connectivity index is 0. The second-order valence-electron chi connectivity index (χ2n) is 4.82. The van der Waals surface area contributed by atoms with E-state index in [2.05, 4.69) is 23.6 Å². The number of nitrogens with two attached hydrogens (primary N) is 1. The number of hydrogen-bond acceptors (Lipinski definition) is 9. The average molecular weight is 430 g/mol. The molecule has 0 spiro atoms. The minimum Gasteiger partial charge on any atom is -0.438 e. The van der Waals surface area contributed by atoms with Crippen molar-refractivity contribution in [1.82, 2.24) is 9.55 Å². The van der Waals surface area contributed by atoms with Gasteiger partial charge in [-0.25, -0.2) is 4.79 Å². The summed E-state index contributed by atoms with van der Waals surface area (Å²) >= 11 is 10.6. The molecule has 1 aliphatic heterocycles. The summed E-state index contributed by atoms with van der Waals surface area (Å²) in [6.45, 7) is 3.48. The third kappa shape index (κ3) is 11.9. The number of aliphatic hydroxyl groups excluding tert-OH is 3. The molecule has 12 heteroatoms. The number of aliphatic hydroxyl groups is 3. The highest BCUT2D eigenvalue weighted by atomic mass is 35.5. The highest BCUT2D eigenvalue weighted by Gasteiger charge is 2.25. The number of ether oxygens (including phenoxy) is 2.